The number of alkyl halides is 2. The Hall–Kier alpha value is -3.53. The molecule has 0 aliphatic carbocycles. The van der Waals surface area contributed by atoms with Gasteiger partial charge in [-0.3, -0.25) is 24.5 Å². The van der Waals surface area contributed by atoms with Gasteiger partial charge < -0.3 is 15.2 Å². The van der Waals surface area contributed by atoms with Crippen molar-refractivity contribution < 1.29 is 37.4 Å². The van der Waals surface area contributed by atoms with E-state index in [2.05, 4.69) is 15.3 Å². The monoisotopic (exact) mass is 682 g/mol. The van der Waals surface area contributed by atoms with Crippen LogP contribution < -0.4 is 5.32 Å². The van der Waals surface area contributed by atoms with Crippen LogP contribution in [0.15, 0.2) is 46.0 Å². The molecule has 3 aliphatic heterocycles. The number of carbonyl (C=O) groups excluding carboxylic acids is 2. The van der Waals surface area contributed by atoms with E-state index < -0.39 is 59.7 Å². The van der Waals surface area contributed by atoms with E-state index in [0.29, 0.717) is 5.01 Å². The molecule has 1 aromatic heterocycles. The summed E-state index contributed by atoms with van der Waals surface area (Å²) in [6, 6.07) is 0.673. The Morgan fingerprint density at radius 2 is 2.02 bits per heavy atom. The van der Waals surface area contributed by atoms with Crippen LogP contribution >= 0.6 is 22.9 Å². The summed E-state index contributed by atoms with van der Waals surface area (Å²) in [5.41, 5.74) is -0.862. The molecule has 2 fully saturated rings. The summed E-state index contributed by atoms with van der Waals surface area (Å²) >= 11 is 7.63. The molecule has 3 atom stereocenters. The fraction of sp³-hybridized carbons (Fsp3) is 0.500. The first kappa shape index (κ1) is 33.8. The average Bonchev–Trinajstić information content (AvgIpc) is 3.71. The summed E-state index contributed by atoms with van der Waals surface area (Å²) in [6.45, 7) is 4.82. The van der Waals surface area contributed by atoms with Gasteiger partial charge in [0.25, 0.3) is 5.92 Å². The number of carboxylic acid groups (broad SMARTS) is 1. The number of thiazole rings is 1. The molecule has 1 amide bonds. The van der Waals surface area contributed by atoms with Crippen LogP contribution in [0.25, 0.3) is 0 Å². The minimum absolute atomic E-state index is 0.00394. The van der Waals surface area contributed by atoms with Crippen molar-refractivity contribution in [3.05, 3.63) is 62.5 Å². The van der Waals surface area contributed by atoms with Gasteiger partial charge in [0.05, 0.1) is 41.7 Å². The SMILES string of the molecule is CCOC(=O)C1=C(CN2CC(F)(F)[C@H]3[C@@H]2CN(C(C)=O)N3CCC(C)(C)C(=O)O)NC(c2nccs2)=N[C@H]1c1cccc(F)c1Cl. The highest BCUT2D eigenvalue weighted by atomic mass is 35.5. The lowest BCUT2D eigenvalue weighted by atomic mass is 9.89. The van der Waals surface area contributed by atoms with Gasteiger partial charge in [-0.1, -0.05) is 23.7 Å². The van der Waals surface area contributed by atoms with Crippen molar-refractivity contribution in [1.82, 2.24) is 25.2 Å². The van der Waals surface area contributed by atoms with Crippen molar-refractivity contribution in [2.75, 3.05) is 32.8 Å². The molecule has 5 rings (SSSR count). The van der Waals surface area contributed by atoms with Crippen LogP contribution in [-0.4, -0.2) is 99.5 Å². The van der Waals surface area contributed by atoms with Gasteiger partial charge in [0.1, 0.15) is 17.9 Å². The Kier molecular flexibility index (Phi) is 9.51. The molecule has 0 bridgehead atoms. The Labute approximate surface area is 272 Å². The van der Waals surface area contributed by atoms with Gasteiger partial charge in [0.15, 0.2) is 10.8 Å². The quantitative estimate of drug-likeness (QED) is 0.356. The first-order valence-electron chi connectivity index (χ1n) is 14.6. The molecule has 11 nitrogen and oxygen atoms in total. The van der Waals surface area contributed by atoms with Gasteiger partial charge in [-0.15, -0.1) is 11.3 Å². The van der Waals surface area contributed by atoms with Gasteiger partial charge in [0.2, 0.25) is 5.91 Å². The zero-order valence-electron chi connectivity index (χ0n) is 25.6. The molecule has 0 radical (unpaired) electrons. The summed E-state index contributed by atoms with van der Waals surface area (Å²) < 4.78 is 51.9. The number of aromatic nitrogens is 1. The molecule has 46 heavy (non-hydrogen) atoms. The Morgan fingerprint density at radius 1 is 1.28 bits per heavy atom. The maximum absolute atomic E-state index is 15.9. The number of rotatable bonds is 10. The summed E-state index contributed by atoms with van der Waals surface area (Å²) in [5.74, 6) is -6.12. The largest absolute Gasteiger partial charge is 0.481 e. The minimum atomic E-state index is -3.31. The minimum Gasteiger partial charge on any atom is -0.481 e. The Morgan fingerprint density at radius 3 is 2.65 bits per heavy atom. The number of carboxylic acids is 1. The van der Waals surface area contributed by atoms with Gasteiger partial charge in [-0.2, -0.15) is 0 Å². The van der Waals surface area contributed by atoms with Crippen LogP contribution in [0.4, 0.5) is 13.2 Å². The molecule has 2 N–H and O–H groups in total. The molecule has 0 unspecified atom stereocenters. The second-order valence-corrected chi connectivity index (χ2v) is 13.3. The van der Waals surface area contributed by atoms with Crippen LogP contribution in [0.3, 0.4) is 0 Å². The number of nitrogens with one attached hydrogen (secondary N) is 1. The number of nitrogens with zero attached hydrogens (tertiary/aromatic N) is 5. The van der Waals surface area contributed by atoms with Crippen LogP contribution in [0, 0.1) is 11.2 Å². The standard InChI is InChI=1S/C30H34ClF3N6O5S/c1-5-45-27(42)21-19(36-25(26-35-10-12-46-26)37-23(21)17-7-6-8-18(32)22(17)31)13-38-15-30(33,34)24-20(38)14-40(16(2)41)39(24)11-9-29(3,4)28(43)44/h6-8,10,12,20,23-24H,5,9,11,13-15H2,1-4H3,(H,36,37)(H,43,44)/t20-,23-,24+/m0/s1. The van der Waals surface area contributed by atoms with Crippen LogP contribution in [-0.2, 0) is 19.1 Å². The number of esters is 1. The summed E-state index contributed by atoms with van der Waals surface area (Å²) in [6.07, 6.45) is 1.58. The van der Waals surface area contributed by atoms with Crippen LogP contribution in [0.5, 0.6) is 0 Å². The average molecular weight is 683 g/mol. The fourth-order valence-corrected chi connectivity index (χ4v) is 6.87. The number of amidine groups is 1. The molecule has 0 saturated carbocycles. The van der Waals surface area contributed by atoms with E-state index in [4.69, 9.17) is 16.3 Å². The highest BCUT2D eigenvalue weighted by Crippen LogP contribution is 2.43. The number of ether oxygens (including phenoxy) is 1. The zero-order valence-corrected chi connectivity index (χ0v) is 27.2. The molecule has 0 spiro atoms. The summed E-state index contributed by atoms with van der Waals surface area (Å²) in [7, 11) is 0. The van der Waals surface area contributed by atoms with Crippen molar-refractivity contribution in [2.24, 2.45) is 10.4 Å². The van der Waals surface area contributed by atoms with Crippen molar-refractivity contribution in [2.45, 2.75) is 58.2 Å². The second kappa shape index (κ2) is 12.9. The molecule has 2 saturated heterocycles. The van der Waals surface area contributed by atoms with E-state index in [0.717, 1.165) is 0 Å². The number of hydrogen-bond donors (Lipinski definition) is 2. The first-order valence-corrected chi connectivity index (χ1v) is 15.9. The Balaban J connectivity index is 1.56. The third-order valence-corrected chi connectivity index (χ3v) is 9.65. The van der Waals surface area contributed by atoms with E-state index in [-0.39, 0.29) is 60.4 Å². The smallest absolute Gasteiger partial charge is 0.338 e. The van der Waals surface area contributed by atoms with Crippen molar-refractivity contribution in [3.8, 4) is 0 Å². The number of carbonyl (C=O) groups is 3. The third-order valence-electron chi connectivity index (χ3n) is 8.47. The lowest BCUT2D eigenvalue weighted by Gasteiger charge is -2.35. The second-order valence-electron chi connectivity index (χ2n) is 12.0. The zero-order chi connectivity index (χ0) is 33.6. The first-order chi connectivity index (χ1) is 21.7. The van der Waals surface area contributed by atoms with Gasteiger partial charge in [-0.05, 0) is 33.3 Å². The van der Waals surface area contributed by atoms with E-state index in [1.807, 2.05) is 0 Å². The summed E-state index contributed by atoms with van der Waals surface area (Å²) in [5, 5.41) is 17.1. The topological polar surface area (TPSA) is 128 Å². The predicted molar refractivity (Wildman–Crippen MR) is 164 cm³/mol. The number of likely N-dealkylation sites (tertiary alicyclic amines) is 1. The van der Waals surface area contributed by atoms with E-state index in [1.165, 1.54) is 65.2 Å². The van der Waals surface area contributed by atoms with Crippen molar-refractivity contribution in [3.63, 3.8) is 0 Å². The van der Waals surface area contributed by atoms with Gasteiger partial charge >= 0.3 is 11.9 Å². The lowest BCUT2D eigenvalue weighted by molar-refractivity contribution is -0.156. The fourth-order valence-electron chi connectivity index (χ4n) is 6.05. The number of aliphatic carboxylic acids is 1. The summed E-state index contributed by atoms with van der Waals surface area (Å²) in [4.78, 5) is 48.4. The van der Waals surface area contributed by atoms with E-state index >= 15 is 8.78 Å². The predicted octanol–water partition coefficient (Wildman–Crippen LogP) is 4.11. The van der Waals surface area contributed by atoms with Crippen molar-refractivity contribution in [1.29, 1.82) is 0 Å². The lowest BCUT2D eigenvalue weighted by Crippen LogP contribution is -2.52. The number of aliphatic imine (C=N–C) groups is 1. The van der Waals surface area contributed by atoms with E-state index in [9.17, 15) is 23.9 Å². The molecule has 3 aliphatic rings. The Bertz CT molecular complexity index is 1590. The van der Waals surface area contributed by atoms with Gasteiger partial charge in [-0.25, -0.2) is 28.0 Å². The molecule has 1 aromatic carbocycles. The molecule has 16 heteroatoms. The molecular formula is C30H34ClF3N6O5S. The number of hydrazine groups is 1. The number of benzene rings is 1. The van der Waals surface area contributed by atoms with Gasteiger partial charge in [0, 0.05) is 42.9 Å². The van der Waals surface area contributed by atoms with Crippen LogP contribution in [0.1, 0.15) is 50.7 Å². The number of hydrogen-bond acceptors (Lipinski definition) is 10. The number of halogens is 4. The highest BCUT2D eigenvalue weighted by Gasteiger charge is 2.62. The third kappa shape index (κ3) is 6.37. The molecule has 2 aromatic rings. The van der Waals surface area contributed by atoms with E-state index in [1.54, 1.807) is 18.5 Å². The maximum atomic E-state index is 15.9. The molecular weight excluding hydrogens is 649 g/mol. The maximum Gasteiger partial charge on any atom is 0.338 e. The molecule has 4 heterocycles. The van der Waals surface area contributed by atoms with Crippen LogP contribution in [0.2, 0.25) is 5.02 Å². The molecule has 248 valence electrons. The highest BCUT2D eigenvalue weighted by molar-refractivity contribution is 7.11. The number of amides is 1. The van der Waals surface area contributed by atoms with Crippen molar-refractivity contribution >= 4 is 46.6 Å². The normalized spacial score (nSPS) is 23.3. The number of fused-ring (bicyclic) bond motifs is 1.